The van der Waals surface area contributed by atoms with Gasteiger partial charge in [-0.25, -0.2) is 0 Å². The van der Waals surface area contributed by atoms with Crippen LogP contribution in [0, 0.1) is 11.3 Å². The van der Waals surface area contributed by atoms with E-state index in [4.69, 9.17) is 4.99 Å². The fourth-order valence-corrected chi connectivity index (χ4v) is 1.91. The minimum absolute atomic E-state index is 0.251. The molecule has 0 amide bonds. The summed E-state index contributed by atoms with van der Waals surface area (Å²) in [7, 11) is 0. The van der Waals surface area contributed by atoms with Gasteiger partial charge in [-0.05, 0) is 37.0 Å². The molecule has 0 spiro atoms. The predicted molar refractivity (Wildman–Crippen MR) is 77.6 cm³/mol. The average Bonchev–Trinajstić information content (AvgIpc) is 2.21. The molecule has 1 aliphatic heterocycles. The molecule has 1 aliphatic rings. The van der Waals surface area contributed by atoms with Crippen LogP contribution in [0.1, 0.15) is 53.4 Å². The Kier molecular flexibility index (Phi) is 5.67. The molecule has 0 radical (unpaired) electrons. The standard InChI is InChI=1S/C16H27N/c1-14-11-9-7-5-6-8-10-12-15(17-13-14)16(2,3)4/h7-10,13-15H,5-6,11-12H2,1-4H3/b9-7-,10-8-,17-13?. The van der Waals surface area contributed by atoms with E-state index in [-0.39, 0.29) is 5.41 Å². The molecule has 0 aromatic carbocycles. The molecular formula is C16H27N. The van der Waals surface area contributed by atoms with E-state index in [0.29, 0.717) is 12.0 Å². The molecule has 0 aromatic rings. The second-order valence-electron chi connectivity index (χ2n) is 6.15. The molecule has 0 aromatic heterocycles. The maximum absolute atomic E-state index is 4.80. The Morgan fingerprint density at radius 3 is 2.12 bits per heavy atom. The van der Waals surface area contributed by atoms with Crippen LogP contribution in [0.25, 0.3) is 0 Å². The van der Waals surface area contributed by atoms with Gasteiger partial charge in [0.15, 0.2) is 0 Å². The molecule has 2 atom stereocenters. The van der Waals surface area contributed by atoms with Crippen LogP contribution >= 0.6 is 0 Å². The Morgan fingerprint density at radius 2 is 1.53 bits per heavy atom. The highest BCUT2D eigenvalue weighted by Gasteiger charge is 2.22. The van der Waals surface area contributed by atoms with Gasteiger partial charge >= 0.3 is 0 Å². The van der Waals surface area contributed by atoms with Crippen molar-refractivity contribution in [2.75, 3.05) is 0 Å². The Labute approximate surface area is 107 Å². The lowest BCUT2D eigenvalue weighted by Crippen LogP contribution is -2.24. The van der Waals surface area contributed by atoms with Gasteiger partial charge in [0.05, 0.1) is 6.04 Å². The Bertz CT molecular complexity index is 291. The first-order valence-electron chi connectivity index (χ1n) is 6.83. The van der Waals surface area contributed by atoms with Crippen molar-refractivity contribution in [3.8, 4) is 0 Å². The molecule has 1 heterocycles. The van der Waals surface area contributed by atoms with Crippen LogP contribution in [0.4, 0.5) is 0 Å². The zero-order valence-corrected chi connectivity index (χ0v) is 11.8. The number of nitrogens with zero attached hydrogens (tertiary/aromatic N) is 1. The van der Waals surface area contributed by atoms with Gasteiger partial charge in [0.25, 0.3) is 0 Å². The summed E-state index contributed by atoms with van der Waals surface area (Å²) in [5.74, 6) is 0.555. The van der Waals surface area contributed by atoms with Crippen LogP contribution in [-0.4, -0.2) is 12.3 Å². The molecule has 0 bridgehead atoms. The van der Waals surface area contributed by atoms with E-state index in [0.717, 1.165) is 19.3 Å². The lowest BCUT2D eigenvalue weighted by molar-refractivity contribution is 0.324. The summed E-state index contributed by atoms with van der Waals surface area (Å²) in [4.78, 5) is 4.80. The van der Waals surface area contributed by atoms with Crippen molar-refractivity contribution in [3.05, 3.63) is 24.3 Å². The van der Waals surface area contributed by atoms with Gasteiger partial charge in [0.1, 0.15) is 0 Å². The molecule has 96 valence electrons. The van der Waals surface area contributed by atoms with Crippen molar-refractivity contribution >= 4 is 6.21 Å². The highest BCUT2D eigenvalue weighted by molar-refractivity contribution is 5.60. The smallest absolute Gasteiger partial charge is 0.0578 e. The van der Waals surface area contributed by atoms with Gasteiger partial charge in [0, 0.05) is 6.21 Å². The number of rotatable bonds is 0. The van der Waals surface area contributed by atoms with Crippen molar-refractivity contribution in [1.29, 1.82) is 0 Å². The Hall–Kier alpha value is -0.850. The van der Waals surface area contributed by atoms with Crippen LogP contribution in [-0.2, 0) is 0 Å². The SMILES string of the molecule is CC1C=NC(C(C)(C)C)C/C=C\CC/C=C\C1. The summed E-state index contributed by atoms with van der Waals surface area (Å²) in [6.45, 7) is 9.08. The lowest BCUT2D eigenvalue weighted by atomic mass is 9.85. The lowest BCUT2D eigenvalue weighted by Gasteiger charge is -2.26. The summed E-state index contributed by atoms with van der Waals surface area (Å²) < 4.78 is 0. The third kappa shape index (κ3) is 5.86. The summed E-state index contributed by atoms with van der Waals surface area (Å²) in [5, 5.41) is 0. The minimum Gasteiger partial charge on any atom is -0.293 e. The van der Waals surface area contributed by atoms with E-state index in [1.165, 1.54) is 6.42 Å². The van der Waals surface area contributed by atoms with Gasteiger partial charge in [-0.1, -0.05) is 52.0 Å². The van der Waals surface area contributed by atoms with Crippen molar-refractivity contribution in [1.82, 2.24) is 0 Å². The van der Waals surface area contributed by atoms with Crippen molar-refractivity contribution < 1.29 is 0 Å². The fourth-order valence-electron chi connectivity index (χ4n) is 1.91. The van der Waals surface area contributed by atoms with Crippen molar-refractivity contribution in [3.63, 3.8) is 0 Å². The molecule has 1 heteroatoms. The van der Waals surface area contributed by atoms with Gasteiger partial charge in [-0.15, -0.1) is 0 Å². The van der Waals surface area contributed by atoms with Gasteiger partial charge in [-0.2, -0.15) is 0 Å². The first-order valence-corrected chi connectivity index (χ1v) is 6.83. The third-order valence-electron chi connectivity index (χ3n) is 3.22. The normalized spacial score (nSPS) is 31.3. The summed E-state index contributed by atoms with van der Waals surface area (Å²) in [6.07, 6.45) is 15.8. The van der Waals surface area contributed by atoms with E-state index >= 15 is 0 Å². The monoisotopic (exact) mass is 233 g/mol. The van der Waals surface area contributed by atoms with Gasteiger partial charge < -0.3 is 0 Å². The van der Waals surface area contributed by atoms with Crippen LogP contribution in [0.5, 0.6) is 0 Å². The van der Waals surface area contributed by atoms with E-state index in [9.17, 15) is 0 Å². The summed E-state index contributed by atoms with van der Waals surface area (Å²) in [5.41, 5.74) is 0.251. The quantitative estimate of drug-likeness (QED) is 0.533. The molecular weight excluding hydrogens is 206 g/mol. The molecule has 0 fully saturated rings. The average molecular weight is 233 g/mol. The maximum Gasteiger partial charge on any atom is 0.0578 e. The number of hydrogen-bond acceptors (Lipinski definition) is 1. The molecule has 0 N–H and O–H groups in total. The first-order chi connectivity index (χ1) is 8.00. The second-order valence-corrected chi connectivity index (χ2v) is 6.15. The molecule has 2 unspecified atom stereocenters. The van der Waals surface area contributed by atoms with E-state index in [1.807, 2.05) is 0 Å². The third-order valence-corrected chi connectivity index (χ3v) is 3.22. The van der Waals surface area contributed by atoms with E-state index < -0.39 is 0 Å². The number of hydrogen-bond donors (Lipinski definition) is 0. The summed E-state index contributed by atoms with van der Waals surface area (Å²) >= 11 is 0. The Balaban J connectivity index is 2.75. The highest BCUT2D eigenvalue weighted by Crippen LogP contribution is 2.25. The van der Waals surface area contributed by atoms with E-state index in [1.54, 1.807) is 0 Å². The van der Waals surface area contributed by atoms with Crippen molar-refractivity contribution in [2.45, 2.75) is 59.4 Å². The number of aliphatic imine (C=N–C) groups is 1. The zero-order valence-electron chi connectivity index (χ0n) is 11.8. The van der Waals surface area contributed by atoms with E-state index in [2.05, 4.69) is 58.2 Å². The maximum atomic E-state index is 4.80. The van der Waals surface area contributed by atoms with Gasteiger partial charge in [0.2, 0.25) is 0 Å². The molecule has 0 saturated heterocycles. The molecule has 0 aliphatic carbocycles. The molecule has 0 saturated carbocycles. The zero-order chi connectivity index (χ0) is 12.7. The van der Waals surface area contributed by atoms with Crippen LogP contribution in [0.15, 0.2) is 29.3 Å². The minimum atomic E-state index is 0.251. The van der Waals surface area contributed by atoms with Crippen molar-refractivity contribution in [2.24, 2.45) is 16.3 Å². The summed E-state index contributed by atoms with van der Waals surface area (Å²) in [6, 6.07) is 0.407. The molecule has 1 nitrogen and oxygen atoms in total. The van der Waals surface area contributed by atoms with Crippen LogP contribution < -0.4 is 0 Å². The fraction of sp³-hybridized carbons (Fsp3) is 0.688. The molecule has 1 rings (SSSR count). The second kappa shape index (κ2) is 6.78. The molecule has 17 heavy (non-hydrogen) atoms. The number of allylic oxidation sites excluding steroid dienone is 3. The Morgan fingerprint density at radius 1 is 0.941 bits per heavy atom. The van der Waals surface area contributed by atoms with Gasteiger partial charge in [-0.3, -0.25) is 4.99 Å². The van der Waals surface area contributed by atoms with Crippen LogP contribution in [0.3, 0.4) is 0 Å². The highest BCUT2D eigenvalue weighted by atomic mass is 14.8. The van der Waals surface area contributed by atoms with Crippen LogP contribution in [0.2, 0.25) is 0 Å². The topological polar surface area (TPSA) is 12.4 Å². The first kappa shape index (κ1) is 14.2. The predicted octanol–water partition coefficient (Wildman–Crippen LogP) is 4.79. The largest absolute Gasteiger partial charge is 0.293 e.